The molecule has 2 aromatic heterocycles. The topological polar surface area (TPSA) is 79.4 Å². The first-order valence-electron chi connectivity index (χ1n) is 9.81. The third-order valence-corrected chi connectivity index (χ3v) is 5.68. The average molecular weight is 431 g/mol. The number of rotatable bonds is 7. The van der Waals surface area contributed by atoms with E-state index in [1.807, 2.05) is 48.7 Å². The molecule has 0 fully saturated rings. The minimum Gasteiger partial charge on any atom is -0.489 e. The van der Waals surface area contributed by atoms with E-state index < -0.39 is 0 Å². The van der Waals surface area contributed by atoms with Gasteiger partial charge in [0.1, 0.15) is 18.1 Å². The first kappa shape index (κ1) is 20.6. The number of benzene rings is 2. The number of aromatic nitrogens is 2. The zero-order valence-corrected chi connectivity index (χ0v) is 18.1. The number of hydrogen-bond acceptors (Lipinski definition) is 5. The Hall–Kier alpha value is -3.71. The number of H-pyrrole nitrogens is 1. The Kier molecular flexibility index (Phi) is 6.24. The number of thiophene rings is 1. The molecule has 2 heterocycles. The number of amides is 1. The molecule has 0 bridgehead atoms. The molecule has 1 amide bonds. The van der Waals surface area contributed by atoms with E-state index in [4.69, 9.17) is 4.74 Å². The standard InChI is InChI=1S/C24H22N4O2S/c1-16-5-7-18(8-6-16)15-30-20-11-9-19(10-12-20)21-14-22(27-26-21)24(29)28-25-17(2)23-4-3-13-31-23/h3-14H,15H2,1-2H3,(H,26,27)(H,28,29)/b25-17+. The van der Waals surface area contributed by atoms with Crippen LogP contribution in [0.1, 0.15) is 33.4 Å². The van der Waals surface area contributed by atoms with Crippen molar-refractivity contribution in [3.63, 3.8) is 0 Å². The van der Waals surface area contributed by atoms with E-state index in [-0.39, 0.29) is 5.91 Å². The monoisotopic (exact) mass is 430 g/mol. The maximum absolute atomic E-state index is 12.4. The highest BCUT2D eigenvalue weighted by Crippen LogP contribution is 2.22. The predicted octanol–water partition coefficient (Wildman–Crippen LogP) is 5.18. The summed E-state index contributed by atoms with van der Waals surface area (Å²) in [6, 6.07) is 21.5. The molecular formula is C24H22N4O2S. The molecule has 0 aliphatic rings. The second-order valence-electron chi connectivity index (χ2n) is 7.08. The van der Waals surface area contributed by atoms with Crippen molar-refractivity contribution in [1.29, 1.82) is 0 Å². The fraction of sp³-hybridized carbons (Fsp3) is 0.125. The smallest absolute Gasteiger partial charge is 0.289 e. The summed E-state index contributed by atoms with van der Waals surface area (Å²) in [5.74, 6) is 0.434. The maximum atomic E-state index is 12.4. The Morgan fingerprint density at radius 3 is 2.61 bits per heavy atom. The maximum Gasteiger partial charge on any atom is 0.289 e. The van der Waals surface area contributed by atoms with Crippen molar-refractivity contribution in [3.05, 3.63) is 93.8 Å². The molecule has 0 unspecified atom stereocenters. The van der Waals surface area contributed by atoms with Gasteiger partial charge >= 0.3 is 0 Å². The molecule has 0 atom stereocenters. The van der Waals surface area contributed by atoms with Crippen molar-refractivity contribution in [1.82, 2.24) is 15.6 Å². The van der Waals surface area contributed by atoms with Gasteiger partial charge in [-0.25, -0.2) is 5.43 Å². The van der Waals surface area contributed by atoms with Gasteiger partial charge in [-0.1, -0.05) is 35.9 Å². The third-order valence-electron chi connectivity index (χ3n) is 4.70. The normalized spacial score (nSPS) is 11.4. The lowest BCUT2D eigenvalue weighted by Crippen LogP contribution is -2.19. The van der Waals surface area contributed by atoms with Crippen LogP contribution >= 0.6 is 11.3 Å². The summed E-state index contributed by atoms with van der Waals surface area (Å²) >= 11 is 1.57. The molecule has 2 aromatic carbocycles. The molecule has 2 N–H and O–H groups in total. The minimum absolute atomic E-state index is 0.340. The predicted molar refractivity (Wildman–Crippen MR) is 124 cm³/mol. The molecule has 31 heavy (non-hydrogen) atoms. The Balaban J connectivity index is 1.36. The Morgan fingerprint density at radius 2 is 1.90 bits per heavy atom. The summed E-state index contributed by atoms with van der Waals surface area (Å²) in [7, 11) is 0. The zero-order chi connectivity index (χ0) is 21.6. The van der Waals surface area contributed by atoms with Crippen molar-refractivity contribution >= 4 is 23.0 Å². The molecule has 7 heteroatoms. The summed E-state index contributed by atoms with van der Waals surface area (Å²) in [6.07, 6.45) is 0. The molecule has 0 saturated carbocycles. The largest absolute Gasteiger partial charge is 0.489 e. The second-order valence-corrected chi connectivity index (χ2v) is 8.03. The first-order chi connectivity index (χ1) is 15.1. The Bertz CT molecular complexity index is 1180. The van der Waals surface area contributed by atoms with Crippen LogP contribution in [0, 0.1) is 6.92 Å². The third kappa shape index (κ3) is 5.26. The minimum atomic E-state index is -0.340. The van der Waals surface area contributed by atoms with Crippen molar-refractivity contribution in [2.45, 2.75) is 20.5 Å². The number of carbonyl (C=O) groups excluding carboxylic acids is 1. The summed E-state index contributed by atoms with van der Waals surface area (Å²) in [5, 5.41) is 13.1. The van der Waals surface area contributed by atoms with Crippen LogP contribution in [0.2, 0.25) is 0 Å². The highest BCUT2D eigenvalue weighted by molar-refractivity contribution is 7.12. The summed E-state index contributed by atoms with van der Waals surface area (Å²) in [5.41, 5.74) is 7.57. The fourth-order valence-electron chi connectivity index (χ4n) is 2.89. The van der Waals surface area contributed by atoms with E-state index in [9.17, 15) is 4.79 Å². The van der Waals surface area contributed by atoms with Crippen LogP contribution < -0.4 is 10.2 Å². The lowest BCUT2D eigenvalue weighted by Gasteiger charge is -2.07. The van der Waals surface area contributed by atoms with Gasteiger partial charge in [0.15, 0.2) is 0 Å². The molecule has 6 nitrogen and oxygen atoms in total. The highest BCUT2D eigenvalue weighted by atomic mass is 32.1. The van der Waals surface area contributed by atoms with E-state index in [0.717, 1.165) is 27.5 Å². The summed E-state index contributed by atoms with van der Waals surface area (Å²) < 4.78 is 5.84. The molecular weight excluding hydrogens is 408 g/mol. The van der Waals surface area contributed by atoms with Gasteiger partial charge in [0.25, 0.3) is 5.91 Å². The zero-order valence-electron chi connectivity index (χ0n) is 17.3. The quantitative estimate of drug-likeness (QED) is 0.313. The van der Waals surface area contributed by atoms with Crippen LogP contribution in [-0.4, -0.2) is 21.8 Å². The molecule has 0 spiro atoms. The summed E-state index contributed by atoms with van der Waals surface area (Å²) in [4.78, 5) is 13.4. The SMILES string of the molecule is C/C(=N\NC(=O)c1cc(-c2ccc(OCc3ccc(C)cc3)cc2)n[nH]1)c1cccs1. The average Bonchev–Trinajstić information content (AvgIpc) is 3.50. The van der Waals surface area contributed by atoms with Gasteiger partial charge < -0.3 is 4.74 Å². The van der Waals surface area contributed by atoms with Crippen LogP contribution in [0.15, 0.2) is 77.2 Å². The van der Waals surface area contributed by atoms with Gasteiger partial charge in [-0.05, 0) is 61.2 Å². The molecule has 0 radical (unpaired) electrons. The molecule has 0 aliphatic carbocycles. The van der Waals surface area contributed by atoms with Crippen LogP contribution in [0.25, 0.3) is 11.3 Å². The number of hydrazone groups is 1. The van der Waals surface area contributed by atoms with Gasteiger partial charge in [0.2, 0.25) is 0 Å². The van der Waals surface area contributed by atoms with Crippen molar-refractivity contribution < 1.29 is 9.53 Å². The van der Waals surface area contributed by atoms with Crippen molar-refractivity contribution in [3.8, 4) is 17.0 Å². The van der Waals surface area contributed by atoms with Crippen LogP contribution in [0.3, 0.4) is 0 Å². The number of hydrogen-bond donors (Lipinski definition) is 2. The number of carbonyl (C=O) groups is 1. The van der Waals surface area contributed by atoms with E-state index in [0.29, 0.717) is 18.0 Å². The van der Waals surface area contributed by atoms with E-state index in [1.165, 1.54) is 5.56 Å². The highest BCUT2D eigenvalue weighted by Gasteiger charge is 2.11. The van der Waals surface area contributed by atoms with E-state index in [2.05, 4.69) is 51.9 Å². The fourth-order valence-corrected chi connectivity index (χ4v) is 3.57. The number of nitrogens with one attached hydrogen (secondary N) is 2. The van der Waals surface area contributed by atoms with Crippen molar-refractivity contribution in [2.24, 2.45) is 5.10 Å². The van der Waals surface area contributed by atoms with Crippen LogP contribution in [0.5, 0.6) is 5.75 Å². The lowest BCUT2D eigenvalue weighted by atomic mass is 10.1. The van der Waals surface area contributed by atoms with Gasteiger partial charge in [0.05, 0.1) is 11.4 Å². The Labute approximate surface area is 184 Å². The van der Waals surface area contributed by atoms with E-state index in [1.54, 1.807) is 17.4 Å². The first-order valence-corrected chi connectivity index (χ1v) is 10.7. The number of nitrogens with zero attached hydrogens (tertiary/aromatic N) is 2. The molecule has 0 aliphatic heterocycles. The number of ether oxygens (including phenoxy) is 1. The summed E-state index contributed by atoms with van der Waals surface area (Å²) in [6.45, 7) is 4.43. The van der Waals surface area contributed by atoms with Crippen LogP contribution in [0.4, 0.5) is 0 Å². The second kappa shape index (κ2) is 9.40. The van der Waals surface area contributed by atoms with Gasteiger partial charge in [-0.15, -0.1) is 11.3 Å². The molecule has 156 valence electrons. The van der Waals surface area contributed by atoms with E-state index >= 15 is 0 Å². The number of aromatic amines is 1. The van der Waals surface area contributed by atoms with Gasteiger partial charge in [-0.3, -0.25) is 9.89 Å². The Morgan fingerprint density at radius 1 is 1.13 bits per heavy atom. The van der Waals surface area contributed by atoms with Crippen molar-refractivity contribution in [2.75, 3.05) is 0 Å². The lowest BCUT2D eigenvalue weighted by molar-refractivity contribution is 0.0950. The van der Waals surface area contributed by atoms with Crippen LogP contribution in [-0.2, 0) is 6.61 Å². The van der Waals surface area contributed by atoms with Gasteiger partial charge in [-0.2, -0.15) is 10.2 Å². The molecule has 0 saturated heterocycles. The number of aryl methyl sites for hydroxylation is 1. The van der Waals surface area contributed by atoms with Gasteiger partial charge in [0, 0.05) is 10.4 Å². The molecule has 4 rings (SSSR count). The molecule has 4 aromatic rings.